The molecule has 20 heavy (non-hydrogen) atoms. The van der Waals surface area contributed by atoms with E-state index in [-0.39, 0.29) is 0 Å². The molecule has 0 aromatic carbocycles. The third kappa shape index (κ3) is 4.26. The average Bonchev–Trinajstić information content (AvgIpc) is 2.88. The maximum Gasteiger partial charge on any atom is 0.226 e. The van der Waals surface area contributed by atoms with Gasteiger partial charge in [-0.15, -0.1) is 0 Å². The highest BCUT2D eigenvalue weighted by Gasteiger charge is 2.24. The summed E-state index contributed by atoms with van der Waals surface area (Å²) in [7, 11) is 4.33. The van der Waals surface area contributed by atoms with Crippen LogP contribution in [-0.2, 0) is 12.8 Å². The van der Waals surface area contributed by atoms with Crippen LogP contribution in [0.15, 0.2) is 4.52 Å². The molecule has 1 aromatic heterocycles. The van der Waals surface area contributed by atoms with Crippen LogP contribution in [-0.4, -0.2) is 66.3 Å². The standard InChI is InChI=1S/C14H27N5O/c1-11(9-15)4-5-14-16-13(17-20-14)8-12-10-18(2)6-7-19(12)3/h11-12H,4-10,15H2,1-3H3. The van der Waals surface area contributed by atoms with Crippen molar-refractivity contribution >= 4 is 0 Å². The van der Waals surface area contributed by atoms with Crippen molar-refractivity contribution in [1.29, 1.82) is 0 Å². The minimum atomic E-state index is 0.474. The Kier molecular flexibility index (Phi) is 5.51. The topological polar surface area (TPSA) is 71.4 Å². The molecule has 2 atom stereocenters. The van der Waals surface area contributed by atoms with Crippen molar-refractivity contribution in [3.05, 3.63) is 11.7 Å². The SMILES string of the molecule is CC(CN)CCc1nc(CC2CN(C)CCN2C)no1. The molecule has 2 rings (SSSR count). The maximum absolute atomic E-state index is 5.62. The van der Waals surface area contributed by atoms with E-state index in [1.54, 1.807) is 0 Å². The fourth-order valence-electron chi connectivity index (χ4n) is 2.49. The summed E-state index contributed by atoms with van der Waals surface area (Å²) >= 11 is 0. The Balaban J connectivity index is 1.85. The molecule has 0 radical (unpaired) electrons. The van der Waals surface area contributed by atoms with Crippen molar-refractivity contribution < 1.29 is 4.52 Å². The van der Waals surface area contributed by atoms with Crippen LogP contribution >= 0.6 is 0 Å². The van der Waals surface area contributed by atoms with Gasteiger partial charge < -0.3 is 20.1 Å². The second-order valence-electron chi connectivity index (χ2n) is 6.08. The summed E-state index contributed by atoms with van der Waals surface area (Å²) in [4.78, 5) is 9.24. The normalized spacial score (nSPS) is 23.1. The molecule has 2 N–H and O–H groups in total. The molecule has 0 bridgehead atoms. The smallest absolute Gasteiger partial charge is 0.226 e. The summed E-state index contributed by atoms with van der Waals surface area (Å²) in [6, 6.07) is 0.474. The molecule has 114 valence electrons. The Morgan fingerprint density at radius 1 is 1.40 bits per heavy atom. The highest BCUT2D eigenvalue weighted by Crippen LogP contribution is 2.12. The van der Waals surface area contributed by atoms with Crippen LogP contribution < -0.4 is 5.73 Å². The van der Waals surface area contributed by atoms with Gasteiger partial charge in [-0.1, -0.05) is 12.1 Å². The van der Waals surface area contributed by atoms with Crippen LogP contribution in [0.25, 0.3) is 0 Å². The molecule has 0 aliphatic carbocycles. The minimum absolute atomic E-state index is 0.474. The minimum Gasteiger partial charge on any atom is -0.339 e. The van der Waals surface area contributed by atoms with E-state index in [1.165, 1.54) is 0 Å². The number of aryl methyl sites for hydroxylation is 1. The molecule has 2 heterocycles. The molecule has 0 spiro atoms. The Labute approximate surface area is 121 Å². The van der Waals surface area contributed by atoms with Gasteiger partial charge in [-0.2, -0.15) is 4.98 Å². The van der Waals surface area contributed by atoms with Crippen molar-refractivity contribution in [1.82, 2.24) is 19.9 Å². The third-order valence-corrected chi connectivity index (χ3v) is 4.16. The van der Waals surface area contributed by atoms with Crippen molar-refractivity contribution in [2.45, 2.75) is 32.2 Å². The Morgan fingerprint density at radius 2 is 2.20 bits per heavy atom. The van der Waals surface area contributed by atoms with E-state index in [9.17, 15) is 0 Å². The lowest BCUT2D eigenvalue weighted by Gasteiger charge is -2.37. The second-order valence-corrected chi connectivity index (χ2v) is 6.08. The first-order valence-corrected chi connectivity index (χ1v) is 7.48. The van der Waals surface area contributed by atoms with Gasteiger partial charge in [0.25, 0.3) is 0 Å². The number of likely N-dealkylation sites (N-methyl/N-ethyl adjacent to an activating group) is 2. The summed E-state index contributed by atoms with van der Waals surface area (Å²) in [5.74, 6) is 2.07. The van der Waals surface area contributed by atoms with Crippen LogP contribution in [0.2, 0.25) is 0 Å². The molecular weight excluding hydrogens is 254 g/mol. The lowest BCUT2D eigenvalue weighted by Crippen LogP contribution is -2.50. The highest BCUT2D eigenvalue weighted by atomic mass is 16.5. The van der Waals surface area contributed by atoms with Gasteiger partial charge in [-0.3, -0.25) is 0 Å². The van der Waals surface area contributed by atoms with E-state index >= 15 is 0 Å². The van der Waals surface area contributed by atoms with E-state index < -0.39 is 0 Å². The van der Waals surface area contributed by atoms with Gasteiger partial charge in [0.1, 0.15) is 0 Å². The van der Waals surface area contributed by atoms with Gasteiger partial charge in [0, 0.05) is 38.5 Å². The summed E-state index contributed by atoms with van der Waals surface area (Å²) in [5, 5.41) is 4.11. The zero-order valence-electron chi connectivity index (χ0n) is 12.9. The zero-order valence-corrected chi connectivity index (χ0v) is 12.9. The third-order valence-electron chi connectivity index (χ3n) is 4.16. The number of nitrogens with two attached hydrogens (primary N) is 1. The molecular formula is C14H27N5O. The first kappa shape index (κ1) is 15.4. The van der Waals surface area contributed by atoms with E-state index in [2.05, 4.69) is 41.0 Å². The fraction of sp³-hybridized carbons (Fsp3) is 0.857. The molecule has 1 aliphatic rings. The number of aromatic nitrogens is 2. The van der Waals surface area contributed by atoms with Crippen molar-refractivity contribution in [2.75, 3.05) is 40.3 Å². The predicted molar refractivity (Wildman–Crippen MR) is 78.5 cm³/mol. The molecule has 6 nitrogen and oxygen atoms in total. The van der Waals surface area contributed by atoms with Gasteiger partial charge in [-0.05, 0) is 33.0 Å². The van der Waals surface area contributed by atoms with Gasteiger partial charge in [0.15, 0.2) is 5.82 Å². The summed E-state index contributed by atoms with van der Waals surface area (Å²) in [6.07, 6.45) is 2.69. The molecule has 6 heteroatoms. The molecule has 0 saturated carbocycles. The molecule has 2 unspecified atom stereocenters. The monoisotopic (exact) mass is 281 g/mol. The van der Waals surface area contributed by atoms with Crippen LogP contribution in [0.1, 0.15) is 25.1 Å². The van der Waals surface area contributed by atoms with E-state index in [4.69, 9.17) is 10.3 Å². The predicted octanol–water partition coefficient (Wildman–Crippen LogP) is 0.385. The largest absolute Gasteiger partial charge is 0.339 e. The molecule has 1 aromatic rings. The number of hydrogen-bond acceptors (Lipinski definition) is 6. The van der Waals surface area contributed by atoms with E-state index in [0.717, 1.165) is 50.6 Å². The molecule has 1 saturated heterocycles. The maximum atomic E-state index is 5.62. The van der Waals surface area contributed by atoms with Crippen LogP contribution in [0.3, 0.4) is 0 Å². The van der Waals surface area contributed by atoms with Gasteiger partial charge in [-0.25, -0.2) is 0 Å². The van der Waals surface area contributed by atoms with Crippen molar-refractivity contribution in [3.63, 3.8) is 0 Å². The van der Waals surface area contributed by atoms with Crippen molar-refractivity contribution in [2.24, 2.45) is 11.7 Å². The first-order valence-electron chi connectivity index (χ1n) is 7.48. The summed E-state index contributed by atoms with van der Waals surface area (Å²) < 4.78 is 5.33. The first-order chi connectivity index (χ1) is 9.58. The fourth-order valence-corrected chi connectivity index (χ4v) is 2.49. The van der Waals surface area contributed by atoms with E-state index in [1.807, 2.05) is 0 Å². The Hall–Kier alpha value is -0.980. The number of nitrogens with zero attached hydrogens (tertiary/aromatic N) is 4. The molecule has 1 fully saturated rings. The number of rotatable bonds is 6. The van der Waals surface area contributed by atoms with Crippen LogP contribution in [0.4, 0.5) is 0 Å². The summed E-state index contributed by atoms with van der Waals surface area (Å²) in [5.41, 5.74) is 5.62. The average molecular weight is 281 g/mol. The van der Waals surface area contributed by atoms with Gasteiger partial charge >= 0.3 is 0 Å². The zero-order chi connectivity index (χ0) is 14.5. The quantitative estimate of drug-likeness (QED) is 0.813. The van der Waals surface area contributed by atoms with E-state index in [0.29, 0.717) is 18.5 Å². The molecule has 1 aliphatic heterocycles. The lowest BCUT2D eigenvalue weighted by molar-refractivity contribution is 0.113. The number of piperazine rings is 1. The molecule has 0 amide bonds. The highest BCUT2D eigenvalue weighted by molar-refractivity contribution is 4.93. The van der Waals surface area contributed by atoms with Crippen LogP contribution in [0.5, 0.6) is 0 Å². The number of hydrogen-bond donors (Lipinski definition) is 1. The van der Waals surface area contributed by atoms with Crippen molar-refractivity contribution in [3.8, 4) is 0 Å². The Morgan fingerprint density at radius 3 is 2.95 bits per heavy atom. The summed E-state index contributed by atoms with van der Waals surface area (Å²) in [6.45, 7) is 6.14. The van der Waals surface area contributed by atoms with Gasteiger partial charge in [0.2, 0.25) is 5.89 Å². The van der Waals surface area contributed by atoms with Crippen LogP contribution in [0, 0.1) is 5.92 Å². The Bertz CT molecular complexity index is 408. The van der Waals surface area contributed by atoms with Gasteiger partial charge in [0.05, 0.1) is 0 Å². The second kappa shape index (κ2) is 7.15. The lowest BCUT2D eigenvalue weighted by atomic mass is 10.1.